The number of methoxy groups -OCH3 is 1. The summed E-state index contributed by atoms with van der Waals surface area (Å²) in [6.45, 7) is 0. The second kappa shape index (κ2) is 5.05. The van der Waals surface area contributed by atoms with Crippen molar-refractivity contribution in [3.8, 4) is 5.75 Å². The van der Waals surface area contributed by atoms with Gasteiger partial charge in [0.05, 0.1) is 11.6 Å². The molecule has 0 aliphatic carbocycles. The van der Waals surface area contributed by atoms with Crippen molar-refractivity contribution in [2.75, 3.05) is 7.11 Å². The standard InChI is InChI=1S/C10H10BrF3O2/c1-16-8-3-2-6(4-7(8)11)5-9(15)10(12,13)14/h2-4,9,15H,5H2,1H3. The van der Waals surface area contributed by atoms with E-state index < -0.39 is 18.7 Å². The zero-order valence-electron chi connectivity index (χ0n) is 8.38. The van der Waals surface area contributed by atoms with Gasteiger partial charge in [-0.1, -0.05) is 6.07 Å². The Labute approximate surface area is 99.2 Å². The molecule has 6 heteroatoms. The first-order chi connectivity index (χ1) is 7.34. The summed E-state index contributed by atoms with van der Waals surface area (Å²) in [5.41, 5.74) is 0.387. The van der Waals surface area contributed by atoms with Crippen LogP contribution in [0, 0.1) is 0 Å². The van der Waals surface area contributed by atoms with E-state index in [1.807, 2.05) is 0 Å². The van der Waals surface area contributed by atoms with Crippen molar-refractivity contribution in [2.45, 2.75) is 18.7 Å². The van der Waals surface area contributed by atoms with Crippen molar-refractivity contribution >= 4 is 15.9 Å². The maximum Gasteiger partial charge on any atom is 0.414 e. The fraction of sp³-hybridized carbons (Fsp3) is 0.400. The number of ether oxygens (including phenoxy) is 1. The highest BCUT2D eigenvalue weighted by Gasteiger charge is 2.37. The second-order valence-corrected chi connectivity index (χ2v) is 4.08. The van der Waals surface area contributed by atoms with E-state index in [1.54, 1.807) is 6.07 Å². The van der Waals surface area contributed by atoms with Crippen molar-refractivity contribution in [2.24, 2.45) is 0 Å². The first-order valence-corrected chi connectivity index (χ1v) is 5.21. The fourth-order valence-electron chi connectivity index (χ4n) is 1.18. The van der Waals surface area contributed by atoms with Crippen LogP contribution in [0.1, 0.15) is 5.56 Å². The number of hydrogen-bond acceptors (Lipinski definition) is 2. The van der Waals surface area contributed by atoms with Gasteiger partial charge in [-0.05, 0) is 33.6 Å². The summed E-state index contributed by atoms with van der Waals surface area (Å²) in [5.74, 6) is 0.533. The number of rotatable bonds is 3. The van der Waals surface area contributed by atoms with Gasteiger partial charge in [0, 0.05) is 6.42 Å². The molecular formula is C10H10BrF3O2. The van der Waals surface area contributed by atoms with Gasteiger partial charge in [-0.15, -0.1) is 0 Å². The first-order valence-electron chi connectivity index (χ1n) is 4.42. The Balaban J connectivity index is 2.79. The molecule has 0 saturated heterocycles. The Morgan fingerprint density at radius 2 is 2.06 bits per heavy atom. The Hall–Kier alpha value is -0.750. The molecule has 1 aromatic carbocycles. The van der Waals surface area contributed by atoms with Gasteiger partial charge in [0.15, 0.2) is 6.10 Å². The molecule has 0 aliphatic rings. The number of aliphatic hydroxyl groups excluding tert-OH is 1. The Bertz CT molecular complexity index is 366. The van der Waals surface area contributed by atoms with E-state index in [2.05, 4.69) is 15.9 Å². The highest BCUT2D eigenvalue weighted by atomic mass is 79.9. The summed E-state index contributed by atoms with van der Waals surface area (Å²) < 4.78 is 41.8. The topological polar surface area (TPSA) is 29.5 Å². The van der Waals surface area contributed by atoms with Crippen LogP contribution in [0.5, 0.6) is 5.75 Å². The quantitative estimate of drug-likeness (QED) is 0.930. The predicted molar refractivity (Wildman–Crippen MR) is 56.5 cm³/mol. The largest absolute Gasteiger partial charge is 0.496 e. The molecule has 0 amide bonds. The molecule has 0 heterocycles. The van der Waals surface area contributed by atoms with Crippen LogP contribution in [0.15, 0.2) is 22.7 Å². The van der Waals surface area contributed by atoms with Gasteiger partial charge in [-0.25, -0.2) is 0 Å². The molecule has 0 fully saturated rings. The van der Waals surface area contributed by atoms with E-state index in [4.69, 9.17) is 9.84 Å². The molecule has 0 aromatic heterocycles. The number of alkyl halides is 3. The fourth-order valence-corrected chi connectivity index (χ4v) is 1.76. The molecule has 1 unspecified atom stereocenters. The number of hydrogen-bond donors (Lipinski definition) is 1. The SMILES string of the molecule is COc1ccc(CC(O)C(F)(F)F)cc1Br. The van der Waals surface area contributed by atoms with E-state index in [0.29, 0.717) is 15.8 Å². The van der Waals surface area contributed by atoms with E-state index in [1.165, 1.54) is 19.2 Å². The van der Waals surface area contributed by atoms with Crippen molar-refractivity contribution in [1.29, 1.82) is 0 Å². The molecule has 1 atom stereocenters. The van der Waals surface area contributed by atoms with Gasteiger partial charge in [-0.3, -0.25) is 0 Å². The lowest BCUT2D eigenvalue weighted by Gasteiger charge is -2.14. The van der Waals surface area contributed by atoms with Gasteiger partial charge in [-0.2, -0.15) is 13.2 Å². The van der Waals surface area contributed by atoms with Crippen LogP contribution in [0.25, 0.3) is 0 Å². The molecule has 16 heavy (non-hydrogen) atoms. The van der Waals surface area contributed by atoms with Gasteiger partial charge in [0.2, 0.25) is 0 Å². The van der Waals surface area contributed by atoms with Crippen LogP contribution in [0.3, 0.4) is 0 Å². The maximum atomic E-state index is 12.1. The Kier molecular flexibility index (Phi) is 4.21. The number of halogens is 4. The van der Waals surface area contributed by atoms with Gasteiger partial charge in [0.25, 0.3) is 0 Å². The molecule has 90 valence electrons. The lowest BCUT2D eigenvalue weighted by Crippen LogP contribution is -2.30. The summed E-state index contributed by atoms with van der Waals surface area (Å²) in [6, 6.07) is 4.52. The smallest absolute Gasteiger partial charge is 0.414 e. The number of benzene rings is 1. The third-order valence-electron chi connectivity index (χ3n) is 2.02. The Morgan fingerprint density at radius 3 is 2.50 bits per heavy atom. The van der Waals surface area contributed by atoms with Crippen molar-refractivity contribution in [3.05, 3.63) is 28.2 Å². The molecule has 0 spiro atoms. The minimum atomic E-state index is -4.59. The minimum absolute atomic E-state index is 0.387. The molecule has 1 N–H and O–H groups in total. The molecule has 0 bridgehead atoms. The molecule has 1 aromatic rings. The minimum Gasteiger partial charge on any atom is -0.496 e. The van der Waals surface area contributed by atoms with E-state index in [-0.39, 0.29) is 0 Å². The summed E-state index contributed by atoms with van der Waals surface area (Å²) in [5, 5.41) is 8.88. The zero-order valence-corrected chi connectivity index (χ0v) is 9.97. The van der Waals surface area contributed by atoms with Crippen LogP contribution in [-0.4, -0.2) is 24.5 Å². The van der Waals surface area contributed by atoms with Gasteiger partial charge in [0.1, 0.15) is 5.75 Å². The van der Waals surface area contributed by atoms with Crippen LogP contribution >= 0.6 is 15.9 Å². The van der Waals surface area contributed by atoms with E-state index in [9.17, 15) is 13.2 Å². The Morgan fingerprint density at radius 1 is 1.44 bits per heavy atom. The van der Waals surface area contributed by atoms with Gasteiger partial charge < -0.3 is 9.84 Å². The summed E-state index contributed by atoms with van der Waals surface area (Å²) in [4.78, 5) is 0. The second-order valence-electron chi connectivity index (χ2n) is 3.23. The van der Waals surface area contributed by atoms with Crippen molar-refractivity contribution < 1.29 is 23.0 Å². The van der Waals surface area contributed by atoms with E-state index in [0.717, 1.165) is 0 Å². The number of aliphatic hydroxyl groups is 1. The molecular weight excluding hydrogens is 289 g/mol. The molecule has 2 nitrogen and oxygen atoms in total. The van der Waals surface area contributed by atoms with Crippen LogP contribution < -0.4 is 4.74 Å². The summed E-state index contributed by atoms with van der Waals surface area (Å²) >= 11 is 3.16. The lowest BCUT2D eigenvalue weighted by atomic mass is 10.1. The normalized spacial score (nSPS) is 13.6. The third-order valence-corrected chi connectivity index (χ3v) is 2.64. The molecule has 0 aliphatic heterocycles. The average Bonchev–Trinajstić information content (AvgIpc) is 2.16. The summed E-state index contributed by atoms with van der Waals surface area (Å²) in [6.07, 6.45) is -7.40. The predicted octanol–water partition coefficient (Wildman–Crippen LogP) is 2.92. The monoisotopic (exact) mass is 298 g/mol. The van der Waals surface area contributed by atoms with Crippen LogP contribution in [0.2, 0.25) is 0 Å². The average molecular weight is 299 g/mol. The summed E-state index contributed by atoms with van der Waals surface area (Å²) in [7, 11) is 1.46. The van der Waals surface area contributed by atoms with Crippen LogP contribution in [0.4, 0.5) is 13.2 Å². The molecule has 1 rings (SSSR count). The highest BCUT2D eigenvalue weighted by Crippen LogP contribution is 2.28. The lowest BCUT2D eigenvalue weighted by molar-refractivity contribution is -0.203. The zero-order chi connectivity index (χ0) is 12.3. The first kappa shape index (κ1) is 13.3. The highest BCUT2D eigenvalue weighted by molar-refractivity contribution is 9.10. The molecule has 0 saturated carbocycles. The van der Waals surface area contributed by atoms with E-state index >= 15 is 0 Å². The van der Waals surface area contributed by atoms with Crippen molar-refractivity contribution in [1.82, 2.24) is 0 Å². The molecule has 0 radical (unpaired) electrons. The van der Waals surface area contributed by atoms with Crippen LogP contribution in [-0.2, 0) is 6.42 Å². The third kappa shape index (κ3) is 3.38. The van der Waals surface area contributed by atoms with Gasteiger partial charge >= 0.3 is 6.18 Å². The van der Waals surface area contributed by atoms with Crippen molar-refractivity contribution in [3.63, 3.8) is 0 Å². The maximum absolute atomic E-state index is 12.1.